The van der Waals surface area contributed by atoms with Gasteiger partial charge in [-0.1, -0.05) is 176 Å². The molecule has 8 aromatic carbocycles. The fraction of sp³-hybridized carbons (Fsp3) is 0.0192. The van der Waals surface area contributed by atoms with Crippen molar-refractivity contribution in [3.05, 3.63) is 216 Å². The number of benzene rings is 8. The number of rotatable bonds is 4. The molecule has 0 fully saturated rings. The highest BCUT2D eigenvalue weighted by molar-refractivity contribution is 6.13. The lowest BCUT2D eigenvalue weighted by molar-refractivity contribution is 0.748. The van der Waals surface area contributed by atoms with Crippen LogP contribution in [0.2, 0.25) is 0 Å². The first-order chi connectivity index (χ1) is 27.8. The van der Waals surface area contributed by atoms with E-state index in [0.29, 0.717) is 17.5 Å². The van der Waals surface area contributed by atoms with E-state index in [1.807, 2.05) is 60.7 Å². The Morgan fingerprint density at radius 2 is 0.839 bits per heavy atom. The van der Waals surface area contributed by atoms with Crippen LogP contribution in [0.5, 0.6) is 0 Å². The lowest BCUT2D eigenvalue weighted by Gasteiger charge is -2.39. The predicted molar refractivity (Wildman–Crippen MR) is 227 cm³/mol. The monoisotopic (exact) mass is 712 g/mol. The van der Waals surface area contributed by atoms with Gasteiger partial charge in [0.15, 0.2) is 17.5 Å². The Labute approximate surface area is 324 Å². The van der Waals surface area contributed by atoms with Crippen molar-refractivity contribution in [3.8, 4) is 62.1 Å². The maximum atomic E-state index is 5.02. The summed E-state index contributed by atoms with van der Waals surface area (Å²) in [6, 6.07) is 69.7. The van der Waals surface area contributed by atoms with E-state index in [9.17, 15) is 0 Å². The molecule has 56 heavy (non-hydrogen) atoms. The van der Waals surface area contributed by atoms with Crippen molar-refractivity contribution in [3.63, 3.8) is 0 Å². The van der Waals surface area contributed by atoms with Gasteiger partial charge >= 0.3 is 0 Å². The van der Waals surface area contributed by atoms with Crippen molar-refractivity contribution in [1.82, 2.24) is 19.5 Å². The van der Waals surface area contributed by atoms with Gasteiger partial charge in [-0.3, -0.25) is 0 Å². The quantitative estimate of drug-likeness (QED) is 0.182. The van der Waals surface area contributed by atoms with E-state index in [4.69, 9.17) is 15.0 Å². The largest absolute Gasteiger partial charge is 0.309 e. The van der Waals surface area contributed by atoms with Crippen LogP contribution < -0.4 is 0 Å². The maximum Gasteiger partial charge on any atom is 0.164 e. The Hall–Kier alpha value is -7.43. The molecule has 0 saturated carbocycles. The molecule has 0 N–H and O–H groups in total. The third kappa shape index (κ3) is 4.27. The normalized spacial score (nSPS) is 13.1. The molecule has 12 rings (SSSR count). The van der Waals surface area contributed by atoms with Crippen molar-refractivity contribution >= 4 is 21.8 Å². The Morgan fingerprint density at radius 1 is 0.339 bits per heavy atom. The number of fused-ring (bicyclic) bond motifs is 12. The molecule has 0 atom stereocenters. The molecule has 1 spiro atoms. The summed E-state index contributed by atoms with van der Waals surface area (Å²) >= 11 is 0. The molecule has 1 aliphatic carbocycles. The van der Waals surface area contributed by atoms with Crippen molar-refractivity contribution in [1.29, 1.82) is 0 Å². The minimum atomic E-state index is -0.424. The number of para-hydroxylation sites is 2. The molecule has 0 amide bonds. The van der Waals surface area contributed by atoms with Gasteiger partial charge in [0.1, 0.15) is 0 Å². The lowest BCUT2D eigenvalue weighted by atomic mass is 9.65. The average Bonchev–Trinajstić information content (AvgIpc) is 3.77. The molecule has 3 heterocycles. The zero-order valence-electron chi connectivity index (χ0n) is 30.3. The first-order valence-electron chi connectivity index (χ1n) is 19.1. The molecule has 0 unspecified atom stereocenters. The third-order valence-corrected chi connectivity index (χ3v) is 11.8. The molecule has 1 aliphatic heterocycles. The molecule has 10 aromatic rings. The highest BCUT2D eigenvalue weighted by Crippen LogP contribution is 2.60. The molecule has 2 aliphatic rings. The van der Waals surface area contributed by atoms with Gasteiger partial charge in [0.05, 0.1) is 22.1 Å². The van der Waals surface area contributed by atoms with E-state index in [1.54, 1.807) is 0 Å². The summed E-state index contributed by atoms with van der Waals surface area (Å²) in [5.41, 5.74) is 16.3. The van der Waals surface area contributed by atoms with Crippen LogP contribution in [-0.2, 0) is 5.41 Å². The number of hydrogen-bond donors (Lipinski definition) is 0. The lowest BCUT2D eigenvalue weighted by Crippen LogP contribution is -2.33. The first kappa shape index (κ1) is 31.0. The summed E-state index contributed by atoms with van der Waals surface area (Å²) in [6.45, 7) is 0. The Balaban J connectivity index is 1.06. The second-order valence-electron chi connectivity index (χ2n) is 14.7. The average molecular weight is 713 g/mol. The second kappa shape index (κ2) is 11.8. The van der Waals surface area contributed by atoms with E-state index in [0.717, 1.165) is 27.8 Å². The van der Waals surface area contributed by atoms with Crippen LogP contribution >= 0.6 is 0 Å². The summed E-state index contributed by atoms with van der Waals surface area (Å²) in [7, 11) is 0. The smallest absolute Gasteiger partial charge is 0.164 e. The van der Waals surface area contributed by atoms with Gasteiger partial charge in [-0.05, 0) is 62.7 Å². The highest BCUT2D eigenvalue weighted by atomic mass is 15.0. The second-order valence-corrected chi connectivity index (χ2v) is 14.7. The van der Waals surface area contributed by atoms with E-state index in [1.165, 1.54) is 60.9 Å². The Morgan fingerprint density at radius 3 is 1.52 bits per heavy atom. The number of hydrogen-bond acceptors (Lipinski definition) is 3. The Bertz CT molecular complexity index is 3090. The van der Waals surface area contributed by atoms with Crippen LogP contribution in [0.4, 0.5) is 0 Å². The van der Waals surface area contributed by atoms with Crippen molar-refractivity contribution in [2.45, 2.75) is 5.41 Å². The van der Waals surface area contributed by atoms with Gasteiger partial charge in [-0.2, -0.15) is 0 Å². The summed E-state index contributed by atoms with van der Waals surface area (Å²) in [4.78, 5) is 15.0. The molecule has 260 valence electrons. The summed E-state index contributed by atoms with van der Waals surface area (Å²) in [5.74, 6) is 1.95. The maximum absolute atomic E-state index is 5.02. The summed E-state index contributed by atoms with van der Waals surface area (Å²) in [6.07, 6.45) is 0. The van der Waals surface area contributed by atoms with E-state index in [2.05, 4.69) is 138 Å². The van der Waals surface area contributed by atoms with Crippen LogP contribution in [0.3, 0.4) is 0 Å². The van der Waals surface area contributed by atoms with Crippen LogP contribution in [-0.4, -0.2) is 19.5 Å². The summed E-state index contributed by atoms with van der Waals surface area (Å²) < 4.78 is 2.52. The minimum Gasteiger partial charge on any atom is -0.309 e. The molecule has 0 bridgehead atoms. The van der Waals surface area contributed by atoms with Gasteiger partial charge < -0.3 is 4.57 Å². The Kier molecular flexibility index (Phi) is 6.52. The van der Waals surface area contributed by atoms with Crippen LogP contribution in [0.1, 0.15) is 22.3 Å². The fourth-order valence-electron chi connectivity index (χ4n) is 9.52. The van der Waals surface area contributed by atoms with E-state index in [-0.39, 0.29) is 0 Å². The van der Waals surface area contributed by atoms with Crippen molar-refractivity contribution < 1.29 is 0 Å². The predicted octanol–water partition coefficient (Wildman–Crippen LogP) is 12.3. The zero-order valence-corrected chi connectivity index (χ0v) is 30.3. The van der Waals surface area contributed by atoms with Crippen LogP contribution in [0.25, 0.3) is 83.9 Å². The number of nitrogens with zero attached hydrogens (tertiary/aromatic N) is 4. The molecule has 4 heteroatoms. The number of aromatic nitrogens is 4. The standard InChI is InChI=1S/C52H32N4/c1-3-15-33(16-4-1)49-53-50(34-17-5-2-6-18-34)55-51(54-49)37-20-13-19-35(31-37)36-29-30-40-41-23-14-27-45-48(41)56(47(40)32-36)46-28-12-11-26-44(46)52(45)42-24-9-7-21-38(42)39-22-8-10-25-43(39)52/h1-32H. The topological polar surface area (TPSA) is 43.6 Å². The first-order valence-corrected chi connectivity index (χ1v) is 19.1. The molecule has 0 saturated heterocycles. The zero-order chi connectivity index (χ0) is 36.8. The third-order valence-electron chi connectivity index (χ3n) is 11.8. The van der Waals surface area contributed by atoms with Crippen LogP contribution in [0, 0.1) is 0 Å². The fourth-order valence-corrected chi connectivity index (χ4v) is 9.52. The van der Waals surface area contributed by atoms with E-state index >= 15 is 0 Å². The minimum absolute atomic E-state index is 0.424. The van der Waals surface area contributed by atoms with Gasteiger partial charge in [0, 0.05) is 27.5 Å². The molecule has 2 aromatic heterocycles. The molecular formula is C52H32N4. The summed E-state index contributed by atoms with van der Waals surface area (Å²) in [5, 5.41) is 2.51. The molecule has 0 radical (unpaired) electrons. The molecular weight excluding hydrogens is 681 g/mol. The molecule has 4 nitrogen and oxygen atoms in total. The van der Waals surface area contributed by atoms with Crippen LogP contribution in [0.15, 0.2) is 194 Å². The van der Waals surface area contributed by atoms with Gasteiger partial charge in [-0.15, -0.1) is 0 Å². The van der Waals surface area contributed by atoms with E-state index < -0.39 is 5.41 Å². The highest BCUT2D eigenvalue weighted by Gasteiger charge is 2.50. The SMILES string of the molecule is c1ccc(-c2nc(-c3ccccc3)nc(-c3cccc(-c4ccc5c6cccc7c6n(c5c4)-c4ccccc4C74c5ccccc5-c5ccccc54)c3)n2)cc1. The van der Waals surface area contributed by atoms with Crippen molar-refractivity contribution in [2.24, 2.45) is 0 Å². The van der Waals surface area contributed by atoms with Gasteiger partial charge in [0.2, 0.25) is 0 Å². The van der Waals surface area contributed by atoms with Crippen molar-refractivity contribution in [2.75, 3.05) is 0 Å². The van der Waals surface area contributed by atoms with Gasteiger partial charge in [-0.25, -0.2) is 15.0 Å². The van der Waals surface area contributed by atoms with Gasteiger partial charge in [0.25, 0.3) is 0 Å².